The van der Waals surface area contributed by atoms with Crippen LogP contribution < -0.4 is 5.32 Å². The van der Waals surface area contributed by atoms with E-state index in [0.29, 0.717) is 6.42 Å². The molecule has 0 fully saturated rings. The first-order chi connectivity index (χ1) is 16.2. The number of alkyl carbamates (subject to hydrolysis) is 1. The minimum absolute atomic E-state index is 0.254. The fraction of sp³-hybridized carbons (Fsp3) is 0.444. The van der Waals surface area contributed by atoms with Crippen molar-refractivity contribution >= 4 is 26.3 Å². The predicted molar refractivity (Wildman–Crippen MR) is 139 cm³/mol. The maximum atomic E-state index is 13.7. The number of nitrogens with one attached hydrogen (secondary N) is 1. The average Bonchev–Trinajstić information content (AvgIpc) is 2.75. The lowest BCUT2D eigenvalue weighted by atomic mass is 10.0. The maximum Gasteiger partial charge on any atom is 0.408 e. The first-order valence-electron chi connectivity index (χ1n) is 11.8. The first-order valence-corrected chi connectivity index (χ1v) is 15.2. The van der Waals surface area contributed by atoms with Gasteiger partial charge in [0.15, 0.2) is 0 Å². The van der Waals surface area contributed by atoms with Crippen molar-refractivity contribution in [3.05, 3.63) is 71.8 Å². The van der Waals surface area contributed by atoms with Gasteiger partial charge in [0.25, 0.3) is 0 Å². The van der Waals surface area contributed by atoms with Crippen LogP contribution in [0.1, 0.15) is 31.9 Å². The lowest BCUT2D eigenvalue weighted by molar-refractivity contribution is -0.148. The van der Waals surface area contributed by atoms with Crippen LogP contribution in [0.3, 0.4) is 0 Å². The number of benzene rings is 2. The number of rotatable bonds is 9. The smallest absolute Gasteiger partial charge is 0.408 e. The Morgan fingerprint density at radius 2 is 1.37 bits per heavy atom. The van der Waals surface area contributed by atoms with E-state index in [9.17, 15) is 14.4 Å². The largest absolute Gasteiger partial charge is 0.518 e. The van der Waals surface area contributed by atoms with Gasteiger partial charge in [-0.05, 0) is 51.5 Å². The van der Waals surface area contributed by atoms with Gasteiger partial charge >= 0.3 is 12.1 Å². The van der Waals surface area contributed by atoms with Gasteiger partial charge in [0, 0.05) is 19.9 Å². The molecule has 8 heteroatoms. The fourth-order valence-electron chi connectivity index (χ4n) is 3.48. The van der Waals surface area contributed by atoms with Crippen molar-refractivity contribution in [2.45, 2.75) is 70.9 Å². The molecule has 2 atom stereocenters. The summed E-state index contributed by atoms with van der Waals surface area (Å²) >= 11 is 0. The number of hydrogen-bond acceptors (Lipinski definition) is 5. The van der Waals surface area contributed by atoms with Crippen molar-refractivity contribution in [2.75, 3.05) is 7.05 Å². The number of amides is 2. The molecule has 0 spiro atoms. The molecule has 0 aliphatic rings. The van der Waals surface area contributed by atoms with Gasteiger partial charge in [0.1, 0.15) is 17.7 Å². The molecule has 0 saturated heterocycles. The number of ether oxygens (including phenoxy) is 1. The average molecular weight is 499 g/mol. The van der Waals surface area contributed by atoms with E-state index in [4.69, 9.17) is 9.16 Å². The molecule has 7 nitrogen and oxygen atoms in total. The molecule has 35 heavy (non-hydrogen) atoms. The Kier molecular flexibility index (Phi) is 9.65. The zero-order valence-electron chi connectivity index (χ0n) is 21.8. The van der Waals surface area contributed by atoms with E-state index in [-0.39, 0.29) is 6.42 Å². The van der Waals surface area contributed by atoms with Crippen molar-refractivity contribution in [3.63, 3.8) is 0 Å². The van der Waals surface area contributed by atoms with E-state index in [1.807, 2.05) is 80.3 Å². The summed E-state index contributed by atoms with van der Waals surface area (Å²) in [6.07, 6.45) is -0.133. The monoisotopic (exact) mass is 498 g/mol. The molecule has 2 rings (SSSR count). The molecular weight excluding hydrogens is 460 g/mol. The van der Waals surface area contributed by atoms with Gasteiger partial charge in [0.2, 0.25) is 14.2 Å². The molecule has 0 aliphatic carbocycles. The molecule has 0 aliphatic heterocycles. The standard InChI is InChI=1S/C27H38N2O5Si/c1-27(2,3)33-26(32)28-22(18-20-14-10-8-11-15-20)24(30)29(4)23(25(31)34-35(5,6)7)19-21-16-12-9-13-17-21/h8-17,22-23H,18-19H2,1-7H3,(H,28,32)/t22-,23-/m0/s1. The highest BCUT2D eigenvalue weighted by Gasteiger charge is 2.35. The van der Waals surface area contributed by atoms with E-state index < -0.39 is 44.0 Å². The molecule has 0 saturated carbocycles. The van der Waals surface area contributed by atoms with Crippen LogP contribution in [0.2, 0.25) is 19.6 Å². The van der Waals surface area contributed by atoms with Crippen LogP contribution in [0.15, 0.2) is 60.7 Å². The van der Waals surface area contributed by atoms with E-state index in [1.54, 1.807) is 27.8 Å². The highest BCUT2D eigenvalue weighted by molar-refractivity contribution is 6.71. The normalized spacial score (nSPS) is 13.3. The lowest BCUT2D eigenvalue weighted by Crippen LogP contribution is -2.55. The summed E-state index contributed by atoms with van der Waals surface area (Å²) in [5.74, 6) is -0.840. The van der Waals surface area contributed by atoms with Crippen LogP contribution in [0.25, 0.3) is 0 Å². The molecule has 0 aromatic heterocycles. The van der Waals surface area contributed by atoms with Crippen LogP contribution in [-0.2, 0) is 31.6 Å². The number of nitrogens with zero attached hydrogens (tertiary/aromatic N) is 1. The van der Waals surface area contributed by atoms with Crippen molar-refractivity contribution in [1.82, 2.24) is 10.2 Å². The molecular formula is C27H38N2O5Si. The number of likely N-dealkylation sites (N-methyl/N-ethyl adjacent to an activating group) is 1. The Labute approximate surface area is 209 Å². The molecule has 0 bridgehead atoms. The van der Waals surface area contributed by atoms with Crippen LogP contribution in [0.4, 0.5) is 4.79 Å². The minimum atomic E-state index is -2.20. The summed E-state index contributed by atoms with van der Waals surface area (Å²) in [5.41, 5.74) is 1.07. The minimum Gasteiger partial charge on any atom is -0.518 e. The summed E-state index contributed by atoms with van der Waals surface area (Å²) in [5, 5.41) is 2.71. The topological polar surface area (TPSA) is 84.9 Å². The molecule has 190 valence electrons. The molecule has 2 aromatic rings. The molecule has 0 heterocycles. The van der Waals surface area contributed by atoms with Gasteiger partial charge in [-0.25, -0.2) is 4.79 Å². The molecule has 0 radical (unpaired) electrons. The van der Waals surface area contributed by atoms with Crippen molar-refractivity contribution in [1.29, 1.82) is 0 Å². The highest BCUT2D eigenvalue weighted by atomic mass is 28.4. The van der Waals surface area contributed by atoms with Crippen LogP contribution >= 0.6 is 0 Å². The van der Waals surface area contributed by atoms with Gasteiger partial charge in [0.05, 0.1) is 0 Å². The SMILES string of the molecule is CN(C(=O)[C@H](Cc1ccccc1)NC(=O)OC(C)(C)C)[C@@H](Cc1ccccc1)C(=O)O[Si](C)(C)C. The van der Waals surface area contributed by atoms with Crippen molar-refractivity contribution in [3.8, 4) is 0 Å². The predicted octanol–water partition coefficient (Wildman–Crippen LogP) is 4.57. The fourth-order valence-corrected chi connectivity index (χ4v) is 4.22. The second-order valence-corrected chi connectivity index (χ2v) is 15.0. The van der Waals surface area contributed by atoms with E-state index in [2.05, 4.69) is 5.32 Å². The van der Waals surface area contributed by atoms with Crippen LogP contribution in [0, 0.1) is 0 Å². The van der Waals surface area contributed by atoms with E-state index >= 15 is 0 Å². The number of hydrogen-bond donors (Lipinski definition) is 1. The summed E-state index contributed by atoms with van der Waals surface area (Å²) in [6, 6.07) is 17.1. The zero-order chi connectivity index (χ0) is 26.2. The molecule has 2 amide bonds. The molecule has 2 aromatic carbocycles. The Bertz CT molecular complexity index is 984. The summed E-state index contributed by atoms with van der Waals surface area (Å²) in [4.78, 5) is 40.9. The Hall–Kier alpha value is -3.13. The van der Waals surface area contributed by atoms with Crippen molar-refractivity contribution in [2.24, 2.45) is 0 Å². The lowest BCUT2D eigenvalue weighted by Gasteiger charge is -2.32. The maximum absolute atomic E-state index is 13.7. The summed E-state index contributed by atoms with van der Waals surface area (Å²) < 4.78 is 11.2. The highest BCUT2D eigenvalue weighted by Crippen LogP contribution is 2.16. The second-order valence-electron chi connectivity index (χ2n) is 10.6. The van der Waals surface area contributed by atoms with Gasteiger partial charge in [-0.3, -0.25) is 9.59 Å². The Morgan fingerprint density at radius 1 is 0.886 bits per heavy atom. The van der Waals surface area contributed by atoms with Crippen LogP contribution in [-0.4, -0.2) is 55.9 Å². The molecule has 1 N–H and O–H groups in total. The van der Waals surface area contributed by atoms with Gasteiger partial charge in [-0.2, -0.15) is 0 Å². The third kappa shape index (κ3) is 9.94. The summed E-state index contributed by atoms with van der Waals surface area (Å²) in [6.45, 7) is 11.1. The first kappa shape index (κ1) is 28.1. The third-order valence-electron chi connectivity index (χ3n) is 5.04. The van der Waals surface area contributed by atoms with E-state index in [0.717, 1.165) is 11.1 Å². The number of carbonyl (C=O) groups excluding carboxylic acids is 3. The second kappa shape index (κ2) is 12.0. The van der Waals surface area contributed by atoms with Crippen LogP contribution in [0.5, 0.6) is 0 Å². The molecule has 0 unspecified atom stereocenters. The van der Waals surface area contributed by atoms with Gasteiger partial charge < -0.3 is 19.4 Å². The summed E-state index contributed by atoms with van der Waals surface area (Å²) in [7, 11) is -0.620. The van der Waals surface area contributed by atoms with Crippen molar-refractivity contribution < 1.29 is 23.5 Å². The quantitative estimate of drug-likeness (QED) is 0.512. The Balaban J connectivity index is 2.33. The van der Waals surface area contributed by atoms with Gasteiger partial charge in [-0.15, -0.1) is 0 Å². The van der Waals surface area contributed by atoms with E-state index in [1.165, 1.54) is 4.90 Å². The Morgan fingerprint density at radius 3 is 1.83 bits per heavy atom. The zero-order valence-corrected chi connectivity index (χ0v) is 22.8. The third-order valence-corrected chi connectivity index (χ3v) is 5.85. The number of carbonyl (C=O) groups is 3. The van der Waals surface area contributed by atoms with Gasteiger partial charge in [-0.1, -0.05) is 60.7 Å².